The second kappa shape index (κ2) is 11.1. The SMILES string of the molecule is CC(C)OCCCn1c(SC(C)C(=O)Nc2ccc(C(F)(F)F)cc2)nc2ccccc2c1=O. The predicted octanol–water partition coefficient (Wildman–Crippen LogP) is 5.35. The van der Waals surface area contributed by atoms with Gasteiger partial charge < -0.3 is 10.1 Å². The van der Waals surface area contributed by atoms with Gasteiger partial charge in [-0.15, -0.1) is 0 Å². The number of benzene rings is 2. The Hall–Kier alpha value is -2.85. The van der Waals surface area contributed by atoms with Gasteiger partial charge in [-0.2, -0.15) is 13.2 Å². The van der Waals surface area contributed by atoms with E-state index in [1.165, 1.54) is 12.1 Å². The molecule has 6 nitrogen and oxygen atoms in total. The number of alkyl halides is 3. The molecule has 10 heteroatoms. The normalized spacial score (nSPS) is 12.8. The van der Waals surface area contributed by atoms with Crippen molar-refractivity contribution in [3.8, 4) is 0 Å². The fourth-order valence-electron chi connectivity index (χ4n) is 3.17. The molecule has 0 spiro atoms. The number of carbonyl (C=O) groups is 1. The maximum atomic E-state index is 13.1. The third-order valence-corrected chi connectivity index (χ3v) is 6.03. The summed E-state index contributed by atoms with van der Waals surface area (Å²) in [5.74, 6) is -0.415. The van der Waals surface area contributed by atoms with Crippen LogP contribution in [0.15, 0.2) is 58.5 Å². The molecule has 0 aliphatic carbocycles. The molecule has 182 valence electrons. The molecule has 1 aromatic heterocycles. The molecule has 34 heavy (non-hydrogen) atoms. The number of fused-ring (bicyclic) bond motifs is 1. The monoisotopic (exact) mass is 493 g/mol. The summed E-state index contributed by atoms with van der Waals surface area (Å²) in [5.41, 5.74) is -0.216. The number of hydrogen-bond donors (Lipinski definition) is 1. The van der Waals surface area contributed by atoms with Crippen LogP contribution in [0.3, 0.4) is 0 Å². The Morgan fingerprint density at radius 2 is 1.79 bits per heavy atom. The van der Waals surface area contributed by atoms with Crippen molar-refractivity contribution in [3.63, 3.8) is 0 Å². The molecule has 0 saturated heterocycles. The van der Waals surface area contributed by atoms with E-state index in [0.29, 0.717) is 35.6 Å². The standard InChI is InChI=1S/C24H26F3N3O3S/c1-15(2)33-14-6-13-30-22(32)19-7-4-5-8-20(19)29-23(30)34-16(3)21(31)28-18-11-9-17(10-12-18)24(25,26)27/h4-5,7-12,15-16H,6,13-14H2,1-3H3,(H,28,31). The molecule has 1 amide bonds. The van der Waals surface area contributed by atoms with Crippen molar-refractivity contribution in [1.29, 1.82) is 0 Å². The van der Waals surface area contributed by atoms with Crippen LogP contribution in [0.25, 0.3) is 10.9 Å². The number of amides is 1. The van der Waals surface area contributed by atoms with E-state index in [1.54, 1.807) is 35.8 Å². The molecule has 0 aliphatic heterocycles. The summed E-state index contributed by atoms with van der Waals surface area (Å²) in [6, 6.07) is 11.2. The van der Waals surface area contributed by atoms with Gasteiger partial charge in [-0.05, 0) is 63.6 Å². The van der Waals surface area contributed by atoms with Crippen LogP contribution in [0.1, 0.15) is 32.8 Å². The van der Waals surface area contributed by atoms with E-state index in [9.17, 15) is 22.8 Å². The Morgan fingerprint density at radius 3 is 2.44 bits per heavy atom. The van der Waals surface area contributed by atoms with E-state index in [-0.39, 0.29) is 17.4 Å². The molecule has 0 aliphatic rings. The second-order valence-corrected chi connectivity index (χ2v) is 9.27. The molecule has 0 saturated carbocycles. The van der Waals surface area contributed by atoms with E-state index in [4.69, 9.17) is 4.74 Å². The highest BCUT2D eigenvalue weighted by Crippen LogP contribution is 2.30. The van der Waals surface area contributed by atoms with Crippen LogP contribution < -0.4 is 10.9 Å². The van der Waals surface area contributed by atoms with Gasteiger partial charge in [0, 0.05) is 18.8 Å². The lowest BCUT2D eigenvalue weighted by Gasteiger charge is -2.17. The van der Waals surface area contributed by atoms with Crippen molar-refractivity contribution in [3.05, 3.63) is 64.4 Å². The van der Waals surface area contributed by atoms with Gasteiger partial charge in [0.2, 0.25) is 5.91 Å². The van der Waals surface area contributed by atoms with Crippen molar-refractivity contribution < 1.29 is 22.7 Å². The minimum atomic E-state index is -4.45. The fraction of sp³-hybridized carbons (Fsp3) is 0.375. The third-order valence-electron chi connectivity index (χ3n) is 4.94. The van der Waals surface area contributed by atoms with E-state index >= 15 is 0 Å². The van der Waals surface area contributed by atoms with Crippen LogP contribution in [0, 0.1) is 0 Å². The first-order valence-corrected chi connectivity index (χ1v) is 11.7. The van der Waals surface area contributed by atoms with Crippen molar-refractivity contribution in [2.75, 3.05) is 11.9 Å². The zero-order valence-corrected chi connectivity index (χ0v) is 19.9. The maximum absolute atomic E-state index is 13.1. The Bertz CT molecular complexity index is 1190. The highest BCUT2D eigenvalue weighted by molar-refractivity contribution is 8.00. The largest absolute Gasteiger partial charge is 0.416 e. The van der Waals surface area contributed by atoms with Gasteiger partial charge in [0.15, 0.2) is 5.16 Å². The predicted molar refractivity (Wildman–Crippen MR) is 127 cm³/mol. The quantitative estimate of drug-likeness (QED) is 0.247. The fourth-order valence-corrected chi connectivity index (χ4v) is 4.11. The van der Waals surface area contributed by atoms with Gasteiger partial charge in [0.25, 0.3) is 5.56 Å². The first kappa shape index (κ1) is 25.8. The number of thioether (sulfide) groups is 1. The first-order chi connectivity index (χ1) is 16.1. The number of nitrogens with one attached hydrogen (secondary N) is 1. The number of para-hydroxylation sites is 1. The summed E-state index contributed by atoms with van der Waals surface area (Å²) < 4.78 is 45.4. The highest BCUT2D eigenvalue weighted by Gasteiger charge is 2.30. The summed E-state index contributed by atoms with van der Waals surface area (Å²) >= 11 is 1.12. The Labute approximate surface area is 199 Å². The minimum absolute atomic E-state index is 0.0780. The van der Waals surface area contributed by atoms with Crippen LogP contribution in [0.2, 0.25) is 0 Å². The van der Waals surface area contributed by atoms with E-state index in [0.717, 1.165) is 23.9 Å². The van der Waals surface area contributed by atoms with Gasteiger partial charge in [0.05, 0.1) is 27.8 Å². The number of anilines is 1. The van der Waals surface area contributed by atoms with Gasteiger partial charge in [0.1, 0.15) is 0 Å². The molecule has 0 fully saturated rings. The Morgan fingerprint density at radius 1 is 1.12 bits per heavy atom. The molecule has 1 heterocycles. The number of nitrogens with zero attached hydrogens (tertiary/aromatic N) is 2. The number of aromatic nitrogens is 2. The van der Waals surface area contributed by atoms with Crippen molar-refractivity contribution in [2.45, 2.75) is 56.4 Å². The van der Waals surface area contributed by atoms with E-state index in [1.807, 2.05) is 13.8 Å². The zero-order chi connectivity index (χ0) is 24.9. The lowest BCUT2D eigenvalue weighted by atomic mass is 10.2. The summed E-state index contributed by atoms with van der Waals surface area (Å²) in [7, 11) is 0. The van der Waals surface area contributed by atoms with Crippen LogP contribution in [0.4, 0.5) is 18.9 Å². The van der Waals surface area contributed by atoms with Gasteiger partial charge in [-0.3, -0.25) is 14.2 Å². The molecule has 1 unspecified atom stereocenters. The van der Waals surface area contributed by atoms with Crippen LogP contribution in [-0.4, -0.2) is 33.4 Å². The average molecular weight is 494 g/mol. The Balaban J connectivity index is 1.78. The molecular formula is C24H26F3N3O3S. The molecular weight excluding hydrogens is 467 g/mol. The summed E-state index contributed by atoms with van der Waals surface area (Å²) in [6.07, 6.45) is -3.77. The van der Waals surface area contributed by atoms with Crippen LogP contribution in [-0.2, 0) is 22.3 Å². The third kappa shape index (κ3) is 6.60. The van der Waals surface area contributed by atoms with Gasteiger partial charge in [-0.25, -0.2) is 4.98 Å². The lowest BCUT2D eigenvalue weighted by Crippen LogP contribution is -2.27. The van der Waals surface area contributed by atoms with Gasteiger partial charge in [-0.1, -0.05) is 23.9 Å². The van der Waals surface area contributed by atoms with Gasteiger partial charge >= 0.3 is 6.18 Å². The van der Waals surface area contributed by atoms with Crippen molar-refractivity contribution in [1.82, 2.24) is 9.55 Å². The molecule has 2 aromatic carbocycles. The summed E-state index contributed by atoms with van der Waals surface area (Å²) in [6.45, 7) is 6.37. The van der Waals surface area contributed by atoms with Crippen molar-refractivity contribution in [2.24, 2.45) is 0 Å². The molecule has 1 N–H and O–H groups in total. The number of ether oxygens (including phenoxy) is 1. The second-order valence-electron chi connectivity index (χ2n) is 7.97. The van der Waals surface area contributed by atoms with Crippen LogP contribution in [0.5, 0.6) is 0 Å². The van der Waals surface area contributed by atoms with Crippen molar-refractivity contribution >= 4 is 34.3 Å². The average Bonchev–Trinajstić information content (AvgIpc) is 2.78. The number of carbonyl (C=O) groups excluding carboxylic acids is 1. The molecule has 3 rings (SSSR count). The lowest BCUT2D eigenvalue weighted by molar-refractivity contribution is -0.137. The summed E-state index contributed by atoms with van der Waals surface area (Å²) in [4.78, 5) is 30.4. The summed E-state index contributed by atoms with van der Waals surface area (Å²) in [5, 5.41) is 2.83. The topological polar surface area (TPSA) is 73.2 Å². The zero-order valence-electron chi connectivity index (χ0n) is 19.1. The molecule has 3 aromatic rings. The number of rotatable bonds is 9. The van der Waals surface area contributed by atoms with E-state index in [2.05, 4.69) is 10.3 Å². The molecule has 0 bridgehead atoms. The van der Waals surface area contributed by atoms with E-state index < -0.39 is 22.9 Å². The maximum Gasteiger partial charge on any atom is 0.416 e. The minimum Gasteiger partial charge on any atom is -0.379 e. The molecule has 1 atom stereocenters. The molecule has 0 radical (unpaired) electrons. The first-order valence-electron chi connectivity index (χ1n) is 10.8. The van der Waals surface area contributed by atoms with Crippen LogP contribution >= 0.6 is 11.8 Å². The Kier molecular flexibility index (Phi) is 8.37. The number of halogens is 3. The number of hydrogen-bond acceptors (Lipinski definition) is 5. The smallest absolute Gasteiger partial charge is 0.379 e. The highest BCUT2D eigenvalue weighted by atomic mass is 32.2.